The molecule has 0 bridgehead atoms. The van der Waals surface area contributed by atoms with Crippen molar-refractivity contribution >= 4 is 16.7 Å². The van der Waals surface area contributed by atoms with E-state index >= 15 is 0 Å². The normalized spacial score (nSPS) is 12.3. The van der Waals surface area contributed by atoms with E-state index in [4.69, 9.17) is 9.84 Å². The first-order chi connectivity index (χ1) is 10.1. The maximum atomic E-state index is 10.5. The molecule has 1 atom stereocenters. The molecule has 0 saturated carbocycles. The molecule has 2 rings (SSSR count). The molecule has 0 aliphatic rings. The van der Waals surface area contributed by atoms with Crippen LogP contribution in [0, 0.1) is 0 Å². The Hall–Kier alpha value is -2.07. The van der Waals surface area contributed by atoms with Gasteiger partial charge in [0, 0.05) is 11.8 Å². The summed E-state index contributed by atoms with van der Waals surface area (Å²) in [6.45, 7) is 0. The first kappa shape index (κ1) is 15.3. The van der Waals surface area contributed by atoms with Gasteiger partial charge in [-0.15, -0.1) is 0 Å². The lowest BCUT2D eigenvalue weighted by Crippen LogP contribution is -2.01. The summed E-state index contributed by atoms with van der Waals surface area (Å²) in [5.74, 6) is -0.00758. The number of fused-ring (bicyclic) bond motifs is 1. The van der Waals surface area contributed by atoms with Crippen LogP contribution >= 0.6 is 0 Å². The molecule has 2 aromatic carbocycles. The van der Waals surface area contributed by atoms with Gasteiger partial charge in [0.2, 0.25) is 0 Å². The highest BCUT2D eigenvalue weighted by atomic mass is 16.5. The van der Waals surface area contributed by atoms with Gasteiger partial charge in [0.05, 0.1) is 13.2 Å². The van der Waals surface area contributed by atoms with Gasteiger partial charge in [-0.05, 0) is 36.3 Å². The Labute approximate surface area is 124 Å². The second-order valence-corrected chi connectivity index (χ2v) is 5.06. The van der Waals surface area contributed by atoms with Crippen LogP contribution in [-0.4, -0.2) is 23.3 Å². The smallest absolute Gasteiger partial charge is 0.303 e. The van der Waals surface area contributed by atoms with Gasteiger partial charge in [-0.25, -0.2) is 0 Å². The molecule has 4 heteroatoms. The molecule has 0 aliphatic heterocycles. The average molecular weight is 288 g/mol. The Morgan fingerprint density at radius 1 is 1.14 bits per heavy atom. The van der Waals surface area contributed by atoms with Crippen LogP contribution in [0.25, 0.3) is 10.8 Å². The van der Waals surface area contributed by atoms with Gasteiger partial charge in [-0.2, -0.15) is 0 Å². The fourth-order valence-corrected chi connectivity index (χ4v) is 2.53. The summed E-state index contributed by atoms with van der Waals surface area (Å²) in [7, 11) is 1.63. The number of hydrogen-bond acceptors (Lipinski definition) is 3. The zero-order valence-electron chi connectivity index (χ0n) is 12.1. The standard InChI is InChI=1S/C17H20O4/c1-21-16-11-10-13(12-6-2-3-7-14(12)16)15(18)8-4-5-9-17(19)20/h2-3,6-7,10-11,15,18H,4-5,8-9H2,1H3,(H,19,20). The summed E-state index contributed by atoms with van der Waals surface area (Å²) in [6, 6.07) is 11.5. The quantitative estimate of drug-likeness (QED) is 0.765. The van der Waals surface area contributed by atoms with E-state index in [2.05, 4.69) is 0 Å². The molecule has 21 heavy (non-hydrogen) atoms. The van der Waals surface area contributed by atoms with Crippen LogP contribution in [0.3, 0.4) is 0 Å². The fraction of sp³-hybridized carbons (Fsp3) is 0.353. The Morgan fingerprint density at radius 3 is 2.52 bits per heavy atom. The van der Waals surface area contributed by atoms with Crippen LogP contribution in [0.5, 0.6) is 5.75 Å². The molecular formula is C17H20O4. The van der Waals surface area contributed by atoms with Crippen molar-refractivity contribution in [3.63, 3.8) is 0 Å². The zero-order valence-corrected chi connectivity index (χ0v) is 12.1. The Balaban J connectivity index is 2.16. The number of aliphatic carboxylic acids is 1. The van der Waals surface area contributed by atoms with Crippen LogP contribution in [-0.2, 0) is 4.79 Å². The summed E-state index contributed by atoms with van der Waals surface area (Å²) in [6.07, 6.45) is 1.39. The molecule has 0 fully saturated rings. The van der Waals surface area contributed by atoms with Crippen LogP contribution in [0.4, 0.5) is 0 Å². The number of aliphatic hydroxyl groups excluding tert-OH is 1. The molecule has 112 valence electrons. The molecule has 0 heterocycles. The van der Waals surface area contributed by atoms with Gasteiger partial charge >= 0.3 is 5.97 Å². The van der Waals surface area contributed by atoms with Crippen molar-refractivity contribution in [2.45, 2.75) is 31.8 Å². The topological polar surface area (TPSA) is 66.8 Å². The highest BCUT2D eigenvalue weighted by Crippen LogP contribution is 2.33. The van der Waals surface area contributed by atoms with Crippen LogP contribution in [0.15, 0.2) is 36.4 Å². The summed E-state index contributed by atoms with van der Waals surface area (Å²) in [5, 5.41) is 20.9. The summed E-state index contributed by atoms with van der Waals surface area (Å²) >= 11 is 0. The van der Waals surface area contributed by atoms with Gasteiger partial charge in [-0.3, -0.25) is 4.79 Å². The second kappa shape index (κ2) is 7.09. The molecule has 0 spiro atoms. The lowest BCUT2D eigenvalue weighted by atomic mass is 9.96. The number of ether oxygens (including phenoxy) is 1. The maximum Gasteiger partial charge on any atom is 0.303 e. The lowest BCUT2D eigenvalue weighted by molar-refractivity contribution is -0.137. The number of methoxy groups -OCH3 is 1. The van der Waals surface area contributed by atoms with E-state index < -0.39 is 12.1 Å². The Bertz CT molecular complexity index is 621. The minimum Gasteiger partial charge on any atom is -0.496 e. The molecule has 2 aromatic rings. The number of benzene rings is 2. The highest BCUT2D eigenvalue weighted by Gasteiger charge is 2.13. The third-order valence-corrected chi connectivity index (χ3v) is 3.61. The molecule has 2 N–H and O–H groups in total. The third-order valence-electron chi connectivity index (χ3n) is 3.61. The largest absolute Gasteiger partial charge is 0.496 e. The zero-order chi connectivity index (χ0) is 15.2. The molecule has 4 nitrogen and oxygen atoms in total. The van der Waals surface area contributed by atoms with E-state index in [1.807, 2.05) is 36.4 Å². The number of rotatable bonds is 7. The van der Waals surface area contributed by atoms with E-state index in [0.29, 0.717) is 19.3 Å². The predicted molar refractivity (Wildman–Crippen MR) is 81.6 cm³/mol. The van der Waals surface area contributed by atoms with Crippen molar-refractivity contribution in [2.75, 3.05) is 7.11 Å². The predicted octanol–water partition coefficient (Wildman–Crippen LogP) is 3.53. The van der Waals surface area contributed by atoms with Crippen molar-refractivity contribution in [2.24, 2.45) is 0 Å². The van der Waals surface area contributed by atoms with E-state index in [9.17, 15) is 9.90 Å². The van der Waals surface area contributed by atoms with E-state index in [0.717, 1.165) is 22.1 Å². The van der Waals surface area contributed by atoms with Crippen LogP contribution in [0.2, 0.25) is 0 Å². The van der Waals surface area contributed by atoms with Gasteiger partial charge < -0.3 is 14.9 Å². The molecular weight excluding hydrogens is 268 g/mol. The first-order valence-corrected chi connectivity index (χ1v) is 7.09. The van der Waals surface area contributed by atoms with Crippen molar-refractivity contribution in [1.29, 1.82) is 0 Å². The van der Waals surface area contributed by atoms with Gasteiger partial charge in [0.25, 0.3) is 0 Å². The SMILES string of the molecule is COc1ccc(C(O)CCCCC(=O)O)c2ccccc12. The minimum atomic E-state index is -0.792. The number of carboxylic acid groups (broad SMARTS) is 1. The number of aliphatic hydroxyl groups is 1. The molecule has 0 aromatic heterocycles. The number of carbonyl (C=O) groups is 1. The van der Waals surface area contributed by atoms with Crippen LogP contribution < -0.4 is 4.74 Å². The minimum absolute atomic E-state index is 0.149. The van der Waals surface area contributed by atoms with E-state index in [-0.39, 0.29) is 6.42 Å². The van der Waals surface area contributed by atoms with Crippen molar-refractivity contribution in [3.8, 4) is 5.75 Å². The molecule has 0 amide bonds. The van der Waals surface area contributed by atoms with Crippen molar-refractivity contribution in [1.82, 2.24) is 0 Å². The fourth-order valence-electron chi connectivity index (χ4n) is 2.53. The van der Waals surface area contributed by atoms with E-state index in [1.54, 1.807) is 7.11 Å². The first-order valence-electron chi connectivity index (χ1n) is 7.09. The maximum absolute atomic E-state index is 10.5. The molecule has 0 aliphatic carbocycles. The molecule has 0 saturated heterocycles. The summed E-state index contributed by atoms with van der Waals surface area (Å²) < 4.78 is 5.34. The van der Waals surface area contributed by atoms with Crippen molar-refractivity contribution in [3.05, 3.63) is 42.0 Å². The van der Waals surface area contributed by atoms with Crippen molar-refractivity contribution < 1.29 is 19.7 Å². The highest BCUT2D eigenvalue weighted by molar-refractivity contribution is 5.91. The summed E-state index contributed by atoms with van der Waals surface area (Å²) in [5.41, 5.74) is 0.863. The third kappa shape index (κ3) is 3.73. The summed E-state index contributed by atoms with van der Waals surface area (Å²) in [4.78, 5) is 10.5. The Kier molecular flexibility index (Phi) is 5.17. The van der Waals surface area contributed by atoms with Crippen LogP contribution in [0.1, 0.15) is 37.4 Å². The van der Waals surface area contributed by atoms with E-state index in [1.165, 1.54) is 0 Å². The number of hydrogen-bond donors (Lipinski definition) is 2. The lowest BCUT2D eigenvalue weighted by Gasteiger charge is -2.15. The number of unbranched alkanes of at least 4 members (excludes halogenated alkanes) is 1. The van der Waals surface area contributed by atoms with Gasteiger partial charge in [0.15, 0.2) is 0 Å². The average Bonchev–Trinajstić information content (AvgIpc) is 2.50. The van der Waals surface area contributed by atoms with Gasteiger partial charge in [-0.1, -0.05) is 30.3 Å². The number of carboxylic acids is 1. The monoisotopic (exact) mass is 288 g/mol. The second-order valence-electron chi connectivity index (χ2n) is 5.06. The Morgan fingerprint density at radius 2 is 1.86 bits per heavy atom. The molecule has 1 unspecified atom stereocenters. The molecule has 0 radical (unpaired) electrons. The van der Waals surface area contributed by atoms with Gasteiger partial charge in [0.1, 0.15) is 5.75 Å².